The van der Waals surface area contributed by atoms with E-state index in [1.807, 2.05) is 6.07 Å². The van der Waals surface area contributed by atoms with E-state index in [-0.39, 0.29) is 12.2 Å². The van der Waals surface area contributed by atoms with Gasteiger partial charge in [-0.3, -0.25) is 19.6 Å². The van der Waals surface area contributed by atoms with Crippen molar-refractivity contribution < 1.29 is 9.72 Å². The zero-order chi connectivity index (χ0) is 15.4. The van der Waals surface area contributed by atoms with Crippen LogP contribution in [0, 0.1) is 28.4 Å². The first-order valence-corrected chi connectivity index (χ1v) is 5.98. The predicted molar refractivity (Wildman–Crippen MR) is 73.6 cm³/mol. The highest BCUT2D eigenvalue weighted by molar-refractivity contribution is 6.04. The van der Waals surface area contributed by atoms with E-state index < -0.39 is 10.8 Å². The van der Waals surface area contributed by atoms with E-state index in [0.29, 0.717) is 16.9 Å². The standard InChI is InChI=1S/C13H11N5O3/c1-9-8-10(2-3-11(9)18(20)21)13(19)15-12-4-6-17(16-12)7-5-14/h2-4,6,8H,7H2,1H3,(H,15,16,19). The van der Waals surface area contributed by atoms with Crippen LogP contribution in [0.25, 0.3) is 0 Å². The molecule has 2 rings (SSSR count). The number of nitro benzene ring substituents is 1. The third-order valence-corrected chi connectivity index (χ3v) is 2.77. The number of aryl methyl sites for hydroxylation is 1. The van der Waals surface area contributed by atoms with Gasteiger partial charge >= 0.3 is 0 Å². The van der Waals surface area contributed by atoms with Gasteiger partial charge in [0, 0.05) is 29.5 Å². The maximum Gasteiger partial charge on any atom is 0.272 e. The summed E-state index contributed by atoms with van der Waals surface area (Å²) in [6.45, 7) is 1.66. The molecule has 0 aliphatic carbocycles. The SMILES string of the molecule is Cc1cc(C(=O)Nc2ccn(CC#N)n2)ccc1[N+](=O)[O-]. The van der Waals surface area contributed by atoms with Gasteiger partial charge in [0.25, 0.3) is 11.6 Å². The highest BCUT2D eigenvalue weighted by Crippen LogP contribution is 2.19. The van der Waals surface area contributed by atoms with E-state index >= 15 is 0 Å². The summed E-state index contributed by atoms with van der Waals surface area (Å²) in [7, 11) is 0. The van der Waals surface area contributed by atoms with E-state index in [4.69, 9.17) is 5.26 Å². The number of nitriles is 1. The van der Waals surface area contributed by atoms with Crippen LogP contribution in [-0.4, -0.2) is 20.6 Å². The maximum atomic E-state index is 12.0. The first-order valence-electron chi connectivity index (χ1n) is 5.98. The molecule has 0 fully saturated rings. The molecule has 21 heavy (non-hydrogen) atoms. The zero-order valence-electron chi connectivity index (χ0n) is 11.1. The summed E-state index contributed by atoms with van der Waals surface area (Å²) >= 11 is 0. The number of nitro groups is 1. The highest BCUT2D eigenvalue weighted by atomic mass is 16.6. The third kappa shape index (κ3) is 3.22. The second-order valence-corrected chi connectivity index (χ2v) is 4.27. The van der Waals surface area contributed by atoms with Crippen molar-refractivity contribution in [1.29, 1.82) is 5.26 Å². The van der Waals surface area contributed by atoms with E-state index in [1.54, 1.807) is 19.2 Å². The molecule has 1 aromatic carbocycles. The van der Waals surface area contributed by atoms with Crippen molar-refractivity contribution >= 4 is 17.4 Å². The monoisotopic (exact) mass is 285 g/mol. The van der Waals surface area contributed by atoms with E-state index in [1.165, 1.54) is 22.9 Å². The number of anilines is 1. The Morgan fingerprint density at radius 2 is 2.29 bits per heavy atom. The molecule has 1 amide bonds. The fourth-order valence-corrected chi connectivity index (χ4v) is 1.78. The third-order valence-electron chi connectivity index (χ3n) is 2.77. The molecule has 0 aliphatic rings. The topological polar surface area (TPSA) is 114 Å². The number of hydrogen-bond donors (Lipinski definition) is 1. The summed E-state index contributed by atoms with van der Waals surface area (Å²) in [5.74, 6) is -0.110. The molecule has 2 aromatic rings. The Hall–Kier alpha value is -3.21. The maximum absolute atomic E-state index is 12.0. The Morgan fingerprint density at radius 1 is 1.52 bits per heavy atom. The number of carbonyl (C=O) groups excluding carboxylic acids is 1. The Labute approximate surface area is 119 Å². The van der Waals surface area contributed by atoms with Crippen LogP contribution >= 0.6 is 0 Å². The molecule has 0 atom stereocenters. The van der Waals surface area contributed by atoms with Gasteiger partial charge in [0.2, 0.25) is 0 Å². The van der Waals surface area contributed by atoms with Gasteiger partial charge in [-0.15, -0.1) is 0 Å². The number of rotatable bonds is 4. The van der Waals surface area contributed by atoms with E-state index in [9.17, 15) is 14.9 Å². The number of benzene rings is 1. The van der Waals surface area contributed by atoms with Crippen LogP contribution < -0.4 is 5.32 Å². The predicted octanol–water partition coefficient (Wildman–Crippen LogP) is 1.88. The minimum absolute atomic E-state index is 0.0372. The van der Waals surface area contributed by atoms with Crippen LogP contribution in [0.15, 0.2) is 30.5 Å². The number of hydrogen-bond acceptors (Lipinski definition) is 5. The van der Waals surface area contributed by atoms with Crippen molar-refractivity contribution in [2.45, 2.75) is 13.5 Å². The molecule has 0 saturated carbocycles. The Kier molecular flexibility index (Phi) is 3.95. The normalized spacial score (nSPS) is 9.90. The van der Waals surface area contributed by atoms with Crippen molar-refractivity contribution in [1.82, 2.24) is 9.78 Å². The van der Waals surface area contributed by atoms with Crippen molar-refractivity contribution in [3.05, 3.63) is 51.7 Å². The summed E-state index contributed by atoms with van der Waals surface area (Å²) < 4.78 is 1.39. The fourth-order valence-electron chi connectivity index (χ4n) is 1.78. The molecule has 1 N–H and O–H groups in total. The molecule has 0 unspecified atom stereocenters. The van der Waals surface area contributed by atoms with Crippen LogP contribution in [-0.2, 0) is 6.54 Å². The average Bonchev–Trinajstić information content (AvgIpc) is 2.86. The summed E-state index contributed by atoms with van der Waals surface area (Å²) in [4.78, 5) is 22.2. The Bertz CT molecular complexity index is 745. The number of nitrogens with one attached hydrogen (secondary N) is 1. The Morgan fingerprint density at radius 3 is 2.90 bits per heavy atom. The smallest absolute Gasteiger partial charge is 0.272 e. The molecule has 8 nitrogen and oxygen atoms in total. The summed E-state index contributed by atoms with van der Waals surface area (Å²) in [6.07, 6.45) is 1.57. The van der Waals surface area contributed by atoms with Crippen molar-refractivity contribution in [2.24, 2.45) is 0 Å². The van der Waals surface area contributed by atoms with Crippen molar-refractivity contribution in [3.63, 3.8) is 0 Å². The summed E-state index contributed by atoms with van der Waals surface area (Å²) in [5, 5.41) is 25.8. The number of aromatic nitrogens is 2. The van der Waals surface area contributed by atoms with Crippen molar-refractivity contribution in [3.8, 4) is 6.07 Å². The van der Waals surface area contributed by atoms with Gasteiger partial charge in [-0.2, -0.15) is 10.4 Å². The highest BCUT2D eigenvalue weighted by Gasteiger charge is 2.14. The average molecular weight is 285 g/mol. The number of nitrogens with zero attached hydrogens (tertiary/aromatic N) is 4. The van der Waals surface area contributed by atoms with Gasteiger partial charge in [-0.1, -0.05) is 0 Å². The van der Waals surface area contributed by atoms with Crippen LogP contribution in [0.1, 0.15) is 15.9 Å². The zero-order valence-corrected chi connectivity index (χ0v) is 11.1. The second-order valence-electron chi connectivity index (χ2n) is 4.27. The van der Waals surface area contributed by atoms with E-state index in [2.05, 4.69) is 10.4 Å². The second kappa shape index (κ2) is 5.83. The minimum atomic E-state index is -0.499. The van der Waals surface area contributed by atoms with Gasteiger partial charge < -0.3 is 5.32 Å². The largest absolute Gasteiger partial charge is 0.305 e. The molecule has 8 heteroatoms. The number of carbonyl (C=O) groups is 1. The fraction of sp³-hybridized carbons (Fsp3) is 0.154. The lowest BCUT2D eigenvalue weighted by atomic mass is 10.1. The van der Waals surface area contributed by atoms with Gasteiger partial charge in [0.15, 0.2) is 5.82 Å². The lowest BCUT2D eigenvalue weighted by Gasteiger charge is -2.03. The van der Waals surface area contributed by atoms with Gasteiger partial charge in [-0.25, -0.2) is 0 Å². The van der Waals surface area contributed by atoms with Gasteiger partial charge in [-0.05, 0) is 19.1 Å². The van der Waals surface area contributed by atoms with Crippen LogP contribution in [0.5, 0.6) is 0 Å². The summed E-state index contributed by atoms with van der Waals surface area (Å²) in [5.41, 5.74) is 0.667. The molecule has 106 valence electrons. The first kappa shape index (κ1) is 14.2. The van der Waals surface area contributed by atoms with Crippen LogP contribution in [0.2, 0.25) is 0 Å². The lowest BCUT2D eigenvalue weighted by molar-refractivity contribution is -0.385. The molecular formula is C13H11N5O3. The van der Waals surface area contributed by atoms with E-state index in [0.717, 1.165) is 0 Å². The quantitative estimate of drug-likeness (QED) is 0.680. The van der Waals surface area contributed by atoms with Crippen LogP contribution in [0.4, 0.5) is 11.5 Å². The van der Waals surface area contributed by atoms with Crippen LogP contribution in [0.3, 0.4) is 0 Å². The molecule has 0 spiro atoms. The van der Waals surface area contributed by atoms with Gasteiger partial charge in [0.1, 0.15) is 6.54 Å². The lowest BCUT2D eigenvalue weighted by Crippen LogP contribution is -2.13. The molecule has 1 heterocycles. The van der Waals surface area contributed by atoms with Crippen molar-refractivity contribution in [2.75, 3.05) is 5.32 Å². The first-order chi connectivity index (χ1) is 10.0. The molecule has 0 bridgehead atoms. The van der Waals surface area contributed by atoms with Gasteiger partial charge in [0.05, 0.1) is 11.0 Å². The Balaban J connectivity index is 2.14. The molecule has 0 saturated heterocycles. The molecular weight excluding hydrogens is 274 g/mol. The summed E-state index contributed by atoms with van der Waals surface area (Å²) in [6, 6.07) is 7.61. The number of amides is 1. The molecule has 0 aliphatic heterocycles. The molecule has 1 aromatic heterocycles. The molecule has 0 radical (unpaired) electrons. The minimum Gasteiger partial charge on any atom is -0.305 e.